The quantitative estimate of drug-likeness (QED) is 0.792. The van der Waals surface area contributed by atoms with Crippen molar-refractivity contribution in [3.8, 4) is 0 Å². The van der Waals surface area contributed by atoms with Crippen LogP contribution >= 0.6 is 0 Å². The summed E-state index contributed by atoms with van der Waals surface area (Å²) in [5, 5.41) is 8.44. The fraction of sp³-hybridized carbons (Fsp3) is 0.417. The number of carbonyl (C=O) groups is 1. The van der Waals surface area contributed by atoms with Crippen molar-refractivity contribution in [3.63, 3.8) is 0 Å². The molecule has 0 bridgehead atoms. The highest BCUT2D eigenvalue weighted by molar-refractivity contribution is 7.92. The summed E-state index contributed by atoms with van der Waals surface area (Å²) in [6, 6.07) is 7.12. The molecule has 6 heteroatoms. The Bertz CT molecular complexity index is 493. The molecule has 0 fully saturated rings. The van der Waals surface area contributed by atoms with E-state index in [-0.39, 0.29) is 18.6 Å². The summed E-state index contributed by atoms with van der Waals surface area (Å²) >= 11 is 0. The minimum Gasteiger partial charge on any atom is -0.481 e. The van der Waals surface area contributed by atoms with Gasteiger partial charge in [0.15, 0.2) is 0 Å². The van der Waals surface area contributed by atoms with E-state index in [1.165, 1.54) is 0 Å². The second-order valence-electron chi connectivity index (χ2n) is 3.97. The van der Waals surface area contributed by atoms with Crippen LogP contribution in [0.1, 0.15) is 25.3 Å². The highest BCUT2D eigenvalue weighted by atomic mass is 32.2. The molecular weight excluding hydrogens is 254 g/mol. The average molecular weight is 271 g/mol. The van der Waals surface area contributed by atoms with Crippen molar-refractivity contribution in [2.24, 2.45) is 0 Å². The third kappa shape index (κ3) is 5.18. The first kappa shape index (κ1) is 14.5. The van der Waals surface area contributed by atoms with Crippen LogP contribution in [-0.2, 0) is 21.2 Å². The van der Waals surface area contributed by atoms with E-state index in [1.54, 1.807) is 12.1 Å². The molecule has 0 aliphatic rings. The summed E-state index contributed by atoms with van der Waals surface area (Å²) in [6.45, 7) is 2.02. The van der Waals surface area contributed by atoms with Crippen LogP contribution in [-0.4, -0.2) is 25.2 Å². The number of carboxylic acids is 1. The molecule has 0 spiro atoms. The maximum absolute atomic E-state index is 11.6. The SMILES string of the molecule is CCc1ccc(NS(=O)(=O)CCCC(=O)O)cc1. The smallest absolute Gasteiger partial charge is 0.303 e. The lowest BCUT2D eigenvalue weighted by atomic mass is 10.2. The Morgan fingerprint density at radius 1 is 1.28 bits per heavy atom. The normalized spacial score (nSPS) is 11.2. The summed E-state index contributed by atoms with van der Waals surface area (Å²) in [5.74, 6) is -1.17. The van der Waals surface area contributed by atoms with Gasteiger partial charge in [0.25, 0.3) is 0 Å². The summed E-state index contributed by atoms with van der Waals surface area (Å²) in [5.41, 5.74) is 1.63. The van der Waals surface area contributed by atoms with Gasteiger partial charge < -0.3 is 5.11 Å². The first-order valence-electron chi connectivity index (χ1n) is 5.74. The fourth-order valence-corrected chi connectivity index (χ4v) is 2.57. The number of benzene rings is 1. The molecule has 0 atom stereocenters. The van der Waals surface area contributed by atoms with Crippen LogP contribution in [0.2, 0.25) is 0 Å². The molecule has 1 aromatic rings. The third-order valence-corrected chi connectivity index (χ3v) is 3.81. The molecule has 0 radical (unpaired) electrons. The molecule has 0 heterocycles. The molecular formula is C12H17NO4S. The summed E-state index contributed by atoms with van der Waals surface area (Å²) in [6.07, 6.45) is 0.860. The van der Waals surface area contributed by atoms with Crippen molar-refractivity contribution >= 4 is 21.7 Å². The standard InChI is InChI=1S/C12H17NO4S/c1-2-10-5-7-11(8-6-10)13-18(16,17)9-3-4-12(14)15/h5-8,13H,2-4,9H2,1H3,(H,14,15). The van der Waals surface area contributed by atoms with E-state index in [1.807, 2.05) is 19.1 Å². The number of hydrogen-bond acceptors (Lipinski definition) is 3. The summed E-state index contributed by atoms with van der Waals surface area (Å²) in [7, 11) is -3.46. The predicted molar refractivity (Wildman–Crippen MR) is 70.1 cm³/mol. The van der Waals surface area contributed by atoms with Gasteiger partial charge in [-0.05, 0) is 30.5 Å². The first-order chi connectivity index (χ1) is 8.43. The van der Waals surface area contributed by atoms with Gasteiger partial charge >= 0.3 is 5.97 Å². The Kier molecular flexibility index (Phi) is 5.15. The summed E-state index contributed by atoms with van der Waals surface area (Å²) in [4.78, 5) is 10.3. The van der Waals surface area contributed by atoms with Crippen LogP contribution in [0.3, 0.4) is 0 Å². The van der Waals surface area contributed by atoms with Gasteiger partial charge in [-0.2, -0.15) is 0 Å². The zero-order valence-electron chi connectivity index (χ0n) is 10.2. The molecule has 0 unspecified atom stereocenters. The maximum Gasteiger partial charge on any atom is 0.303 e. The van der Waals surface area contributed by atoms with Crippen molar-refractivity contribution in [2.45, 2.75) is 26.2 Å². The van der Waals surface area contributed by atoms with Crippen molar-refractivity contribution in [2.75, 3.05) is 10.5 Å². The van der Waals surface area contributed by atoms with Crippen molar-refractivity contribution in [1.82, 2.24) is 0 Å². The molecule has 0 aliphatic heterocycles. The zero-order valence-corrected chi connectivity index (χ0v) is 11.0. The number of anilines is 1. The Morgan fingerprint density at radius 3 is 2.39 bits per heavy atom. The van der Waals surface area contributed by atoms with E-state index in [9.17, 15) is 13.2 Å². The number of aliphatic carboxylic acids is 1. The van der Waals surface area contributed by atoms with E-state index in [4.69, 9.17) is 5.11 Å². The Hall–Kier alpha value is -1.56. The number of aryl methyl sites for hydroxylation is 1. The largest absolute Gasteiger partial charge is 0.481 e. The van der Waals surface area contributed by atoms with Crippen LogP contribution in [0.15, 0.2) is 24.3 Å². The molecule has 1 aromatic carbocycles. The second-order valence-corrected chi connectivity index (χ2v) is 5.81. The van der Waals surface area contributed by atoms with E-state index < -0.39 is 16.0 Å². The molecule has 0 aromatic heterocycles. The van der Waals surface area contributed by atoms with Crippen LogP contribution in [0, 0.1) is 0 Å². The van der Waals surface area contributed by atoms with Crippen LogP contribution in [0.5, 0.6) is 0 Å². The monoisotopic (exact) mass is 271 g/mol. The maximum atomic E-state index is 11.6. The molecule has 0 saturated heterocycles. The topological polar surface area (TPSA) is 83.5 Å². The zero-order chi connectivity index (χ0) is 13.6. The van der Waals surface area contributed by atoms with E-state index in [0.717, 1.165) is 12.0 Å². The highest BCUT2D eigenvalue weighted by Crippen LogP contribution is 2.12. The van der Waals surface area contributed by atoms with Crippen LogP contribution in [0.4, 0.5) is 5.69 Å². The Labute approximate surface area is 107 Å². The van der Waals surface area contributed by atoms with Gasteiger partial charge in [0.2, 0.25) is 10.0 Å². The lowest BCUT2D eigenvalue weighted by Crippen LogP contribution is -2.17. The lowest BCUT2D eigenvalue weighted by molar-refractivity contribution is -0.137. The Balaban J connectivity index is 2.56. The van der Waals surface area contributed by atoms with E-state index >= 15 is 0 Å². The van der Waals surface area contributed by atoms with Gasteiger partial charge in [-0.1, -0.05) is 19.1 Å². The molecule has 18 heavy (non-hydrogen) atoms. The van der Waals surface area contributed by atoms with Crippen LogP contribution in [0.25, 0.3) is 0 Å². The molecule has 0 aliphatic carbocycles. The molecule has 0 amide bonds. The van der Waals surface area contributed by atoms with Crippen molar-refractivity contribution in [3.05, 3.63) is 29.8 Å². The van der Waals surface area contributed by atoms with Gasteiger partial charge in [0.05, 0.1) is 5.75 Å². The lowest BCUT2D eigenvalue weighted by Gasteiger charge is -2.07. The van der Waals surface area contributed by atoms with Gasteiger partial charge in [0.1, 0.15) is 0 Å². The predicted octanol–water partition coefficient (Wildman–Crippen LogP) is 1.86. The minimum atomic E-state index is -3.46. The fourth-order valence-electron chi connectivity index (χ4n) is 1.45. The number of carboxylic acid groups (broad SMARTS) is 1. The number of nitrogens with one attached hydrogen (secondary N) is 1. The molecule has 5 nitrogen and oxygen atoms in total. The molecule has 2 N–H and O–H groups in total. The van der Waals surface area contributed by atoms with Gasteiger partial charge in [-0.3, -0.25) is 9.52 Å². The third-order valence-electron chi connectivity index (χ3n) is 2.44. The number of rotatable bonds is 7. The van der Waals surface area contributed by atoms with E-state index in [0.29, 0.717) is 5.69 Å². The van der Waals surface area contributed by atoms with Crippen LogP contribution < -0.4 is 4.72 Å². The number of sulfonamides is 1. The first-order valence-corrected chi connectivity index (χ1v) is 7.39. The molecule has 100 valence electrons. The van der Waals surface area contributed by atoms with Crippen molar-refractivity contribution in [1.29, 1.82) is 0 Å². The Morgan fingerprint density at radius 2 is 1.89 bits per heavy atom. The minimum absolute atomic E-state index is 0.109. The summed E-state index contributed by atoms with van der Waals surface area (Å²) < 4.78 is 25.7. The van der Waals surface area contributed by atoms with Gasteiger partial charge in [-0.25, -0.2) is 8.42 Å². The average Bonchev–Trinajstić information content (AvgIpc) is 2.28. The molecule has 0 saturated carbocycles. The number of hydrogen-bond donors (Lipinski definition) is 2. The van der Waals surface area contributed by atoms with Gasteiger partial charge in [-0.15, -0.1) is 0 Å². The molecule has 1 rings (SSSR count). The highest BCUT2D eigenvalue weighted by Gasteiger charge is 2.11. The second kappa shape index (κ2) is 6.39. The van der Waals surface area contributed by atoms with E-state index in [2.05, 4.69) is 4.72 Å². The van der Waals surface area contributed by atoms with Crippen molar-refractivity contribution < 1.29 is 18.3 Å². The van der Waals surface area contributed by atoms with Gasteiger partial charge in [0, 0.05) is 12.1 Å².